The monoisotopic (exact) mass is 328 g/mol. The van der Waals surface area contributed by atoms with Gasteiger partial charge in [0.2, 0.25) is 5.91 Å². The molecule has 2 amide bonds. The average molecular weight is 328 g/mol. The minimum Gasteiger partial charge on any atom is -0.507 e. The molecule has 24 heavy (non-hydrogen) atoms. The van der Waals surface area contributed by atoms with Crippen LogP contribution in [0.5, 0.6) is 5.75 Å². The summed E-state index contributed by atoms with van der Waals surface area (Å²) in [6.07, 6.45) is 1.63. The zero-order valence-electron chi connectivity index (χ0n) is 13.1. The van der Waals surface area contributed by atoms with Crippen molar-refractivity contribution in [3.05, 3.63) is 53.3 Å². The number of hydrogen-bond donors (Lipinski definition) is 3. The third kappa shape index (κ3) is 3.53. The molecular weight excluding hydrogens is 311 g/mol. The number of rotatable bonds is 4. The van der Waals surface area contributed by atoms with Crippen LogP contribution in [0.4, 0.5) is 15.8 Å². The van der Waals surface area contributed by atoms with E-state index in [1.165, 1.54) is 30.3 Å². The minimum absolute atomic E-state index is 0.0258. The van der Waals surface area contributed by atoms with Crippen molar-refractivity contribution < 1.29 is 19.1 Å². The van der Waals surface area contributed by atoms with Crippen molar-refractivity contribution in [3.63, 3.8) is 0 Å². The fourth-order valence-corrected chi connectivity index (χ4v) is 2.31. The van der Waals surface area contributed by atoms with E-state index in [4.69, 9.17) is 0 Å². The summed E-state index contributed by atoms with van der Waals surface area (Å²) in [7, 11) is 0. The molecule has 1 aliphatic rings. The smallest absolute Gasteiger partial charge is 0.259 e. The van der Waals surface area contributed by atoms with Crippen molar-refractivity contribution in [3.8, 4) is 5.75 Å². The van der Waals surface area contributed by atoms with Gasteiger partial charge in [-0.1, -0.05) is 6.07 Å². The van der Waals surface area contributed by atoms with E-state index in [2.05, 4.69) is 10.6 Å². The summed E-state index contributed by atoms with van der Waals surface area (Å²) in [5.74, 6) is -1.48. The van der Waals surface area contributed by atoms with Crippen LogP contribution in [0.2, 0.25) is 0 Å². The first kappa shape index (κ1) is 16.0. The van der Waals surface area contributed by atoms with Crippen molar-refractivity contribution in [2.24, 2.45) is 5.92 Å². The SMILES string of the molecule is Cc1ccc(C(=O)Nc2ccc(F)c(NC(=O)C3CC3)c2)c(O)c1. The molecule has 1 saturated carbocycles. The van der Waals surface area contributed by atoms with Gasteiger partial charge in [0.1, 0.15) is 11.6 Å². The van der Waals surface area contributed by atoms with E-state index in [-0.39, 0.29) is 28.8 Å². The Hall–Kier alpha value is -2.89. The Balaban J connectivity index is 1.76. The van der Waals surface area contributed by atoms with E-state index < -0.39 is 11.7 Å². The van der Waals surface area contributed by atoms with Crippen LogP contribution in [0.3, 0.4) is 0 Å². The van der Waals surface area contributed by atoms with Crippen LogP contribution >= 0.6 is 0 Å². The van der Waals surface area contributed by atoms with Gasteiger partial charge in [0, 0.05) is 11.6 Å². The second-order valence-electron chi connectivity index (χ2n) is 5.93. The molecule has 0 radical (unpaired) electrons. The van der Waals surface area contributed by atoms with Gasteiger partial charge >= 0.3 is 0 Å². The molecular formula is C18H17FN2O3. The van der Waals surface area contributed by atoms with Crippen LogP contribution in [0.1, 0.15) is 28.8 Å². The van der Waals surface area contributed by atoms with Gasteiger partial charge in [0.25, 0.3) is 5.91 Å². The first-order valence-corrected chi connectivity index (χ1v) is 7.65. The number of nitrogens with one attached hydrogen (secondary N) is 2. The Morgan fingerprint density at radius 3 is 2.54 bits per heavy atom. The molecule has 6 heteroatoms. The average Bonchev–Trinajstić information content (AvgIpc) is 3.35. The highest BCUT2D eigenvalue weighted by Crippen LogP contribution is 2.31. The molecule has 5 nitrogen and oxygen atoms in total. The molecule has 0 spiro atoms. The molecule has 0 saturated heterocycles. The minimum atomic E-state index is -0.569. The first-order chi connectivity index (χ1) is 11.4. The molecule has 3 N–H and O–H groups in total. The molecule has 0 atom stereocenters. The predicted octanol–water partition coefficient (Wildman–Crippen LogP) is 3.44. The van der Waals surface area contributed by atoms with Crippen molar-refractivity contribution in [2.45, 2.75) is 19.8 Å². The first-order valence-electron chi connectivity index (χ1n) is 7.65. The van der Waals surface area contributed by atoms with Crippen LogP contribution in [0, 0.1) is 18.7 Å². The molecule has 1 fully saturated rings. The van der Waals surface area contributed by atoms with Gasteiger partial charge < -0.3 is 15.7 Å². The Labute approximate surface area is 138 Å². The van der Waals surface area contributed by atoms with Crippen LogP contribution < -0.4 is 10.6 Å². The largest absolute Gasteiger partial charge is 0.507 e. The molecule has 0 aromatic heterocycles. The van der Waals surface area contributed by atoms with Gasteiger partial charge in [-0.05, 0) is 55.7 Å². The summed E-state index contributed by atoms with van der Waals surface area (Å²) < 4.78 is 13.8. The van der Waals surface area contributed by atoms with Gasteiger partial charge in [-0.3, -0.25) is 9.59 Å². The third-order valence-corrected chi connectivity index (χ3v) is 3.83. The van der Waals surface area contributed by atoms with E-state index in [1.54, 1.807) is 13.0 Å². The molecule has 2 aromatic rings. The lowest BCUT2D eigenvalue weighted by Gasteiger charge is -2.10. The van der Waals surface area contributed by atoms with Gasteiger partial charge in [0.15, 0.2) is 0 Å². The Morgan fingerprint density at radius 1 is 1.12 bits per heavy atom. The van der Waals surface area contributed by atoms with Gasteiger partial charge in [0.05, 0.1) is 11.3 Å². The van der Waals surface area contributed by atoms with Crippen LogP contribution in [-0.4, -0.2) is 16.9 Å². The van der Waals surface area contributed by atoms with Crippen molar-refractivity contribution in [1.29, 1.82) is 0 Å². The molecule has 1 aliphatic carbocycles. The number of benzene rings is 2. The lowest BCUT2D eigenvalue weighted by Crippen LogP contribution is -2.16. The molecule has 0 heterocycles. The number of anilines is 2. The fraction of sp³-hybridized carbons (Fsp3) is 0.222. The molecule has 0 unspecified atom stereocenters. The lowest BCUT2D eigenvalue weighted by atomic mass is 10.1. The number of halogens is 1. The Bertz CT molecular complexity index is 816. The second-order valence-corrected chi connectivity index (χ2v) is 5.93. The quantitative estimate of drug-likeness (QED) is 0.804. The molecule has 2 aromatic carbocycles. The number of aromatic hydroxyl groups is 1. The molecule has 124 valence electrons. The van der Waals surface area contributed by atoms with Crippen molar-refractivity contribution in [2.75, 3.05) is 10.6 Å². The normalized spacial score (nSPS) is 13.4. The van der Waals surface area contributed by atoms with Crippen LogP contribution in [-0.2, 0) is 4.79 Å². The molecule has 3 rings (SSSR count). The lowest BCUT2D eigenvalue weighted by molar-refractivity contribution is -0.117. The number of hydrogen-bond acceptors (Lipinski definition) is 3. The third-order valence-electron chi connectivity index (χ3n) is 3.83. The zero-order valence-corrected chi connectivity index (χ0v) is 13.1. The number of carbonyl (C=O) groups excluding carboxylic acids is 2. The Morgan fingerprint density at radius 2 is 1.88 bits per heavy atom. The van der Waals surface area contributed by atoms with E-state index in [1.807, 2.05) is 0 Å². The van der Waals surface area contributed by atoms with Crippen molar-refractivity contribution in [1.82, 2.24) is 0 Å². The molecule has 0 bridgehead atoms. The summed E-state index contributed by atoms with van der Waals surface area (Å²) in [5.41, 5.74) is 1.30. The van der Waals surface area contributed by atoms with Crippen LogP contribution in [0.25, 0.3) is 0 Å². The van der Waals surface area contributed by atoms with Gasteiger partial charge in [-0.2, -0.15) is 0 Å². The van der Waals surface area contributed by atoms with E-state index >= 15 is 0 Å². The summed E-state index contributed by atoms with van der Waals surface area (Å²) in [4.78, 5) is 24.0. The van der Waals surface area contributed by atoms with Gasteiger partial charge in [-0.15, -0.1) is 0 Å². The summed E-state index contributed by atoms with van der Waals surface area (Å²) in [6.45, 7) is 1.80. The number of aryl methyl sites for hydroxylation is 1. The standard InChI is InChI=1S/C18H17FN2O3/c1-10-2-6-13(16(22)8-10)18(24)20-12-5-7-14(19)15(9-12)21-17(23)11-3-4-11/h2,5-9,11,22H,3-4H2,1H3,(H,20,24)(H,21,23). The topological polar surface area (TPSA) is 78.4 Å². The zero-order chi connectivity index (χ0) is 17.3. The fourth-order valence-electron chi connectivity index (χ4n) is 2.31. The Kier molecular flexibility index (Phi) is 4.20. The number of phenolic OH excluding ortho intramolecular Hbond substituents is 1. The maximum Gasteiger partial charge on any atom is 0.259 e. The van der Waals surface area contributed by atoms with Crippen molar-refractivity contribution >= 4 is 23.2 Å². The summed E-state index contributed by atoms with van der Waals surface area (Å²) in [6, 6.07) is 8.64. The maximum atomic E-state index is 13.8. The number of amides is 2. The van der Waals surface area contributed by atoms with E-state index in [0.29, 0.717) is 5.69 Å². The highest BCUT2D eigenvalue weighted by Gasteiger charge is 2.30. The number of carbonyl (C=O) groups is 2. The van der Waals surface area contributed by atoms with Gasteiger partial charge in [-0.25, -0.2) is 4.39 Å². The van der Waals surface area contributed by atoms with E-state index in [0.717, 1.165) is 18.4 Å². The van der Waals surface area contributed by atoms with Crippen LogP contribution in [0.15, 0.2) is 36.4 Å². The summed E-state index contributed by atoms with van der Waals surface area (Å²) >= 11 is 0. The second kappa shape index (κ2) is 6.31. The highest BCUT2D eigenvalue weighted by molar-refractivity contribution is 6.06. The van der Waals surface area contributed by atoms with E-state index in [9.17, 15) is 19.1 Å². The maximum absolute atomic E-state index is 13.8. The predicted molar refractivity (Wildman–Crippen MR) is 88.6 cm³/mol. The number of phenols is 1. The summed E-state index contributed by atoms with van der Waals surface area (Å²) in [5, 5.41) is 15.0. The highest BCUT2D eigenvalue weighted by atomic mass is 19.1. The molecule has 0 aliphatic heterocycles.